The normalized spacial score (nSPS) is 10.2. The molecular weight excluding hydrogens is 206 g/mol. The predicted octanol–water partition coefficient (Wildman–Crippen LogP) is 5.50. The summed E-state index contributed by atoms with van der Waals surface area (Å²) in [6.45, 7) is 14.8. The highest BCUT2D eigenvalue weighted by Gasteiger charge is 2.02. The van der Waals surface area contributed by atoms with Crippen LogP contribution in [0.15, 0.2) is 0 Å². The Morgan fingerprint density at radius 3 is 1.35 bits per heavy atom. The van der Waals surface area contributed by atoms with E-state index in [0.29, 0.717) is 0 Å². The van der Waals surface area contributed by atoms with Crippen LogP contribution in [-0.2, 0) is 0 Å². The number of nitrogens with zero attached hydrogens (tertiary/aromatic N) is 1. The van der Waals surface area contributed by atoms with Gasteiger partial charge in [0.05, 0.1) is 0 Å². The lowest BCUT2D eigenvalue weighted by atomic mass is 10.2. The van der Waals surface area contributed by atoms with E-state index >= 15 is 0 Å². The molecule has 0 saturated carbocycles. The fourth-order valence-electron chi connectivity index (χ4n) is 1.86. The van der Waals surface area contributed by atoms with Gasteiger partial charge in [0.25, 0.3) is 0 Å². The first-order chi connectivity index (χ1) is 8.35. The molecule has 0 N–H and O–H groups in total. The maximum absolute atomic E-state index is 2.67. The lowest BCUT2D eigenvalue weighted by Crippen LogP contribution is -2.27. The molecular formula is C16H37N. The summed E-state index contributed by atoms with van der Waals surface area (Å²) in [4.78, 5) is 2.67. The van der Waals surface area contributed by atoms with Gasteiger partial charge in [-0.25, -0.2) is 0 Å². The number of unbranched alkanes of at least 4 members (excludes halogenated alkanes) is 5. The molecule has 17 heavy (non-hydrogen) atoms. The van der Waals surface area contributed by atoms with E-state index in [9.17, 15) is 0 Å². The van der Waals surface area contributed by atoms with Gasteiger partial charge in [0, 0.05) is 0 Å². The SMILES string of the molecule is CC.CCCCCCN(CCCC)CCCC. The van der Waals surface area contributed by atoms with Crippen LogP contribution < -0.4 is 0 Å². The molecule has 0 saturated heterocycles. The Balaban J connectivity index is 0. The van der Waals surface area contributed by atoms with E-state index in [0.717, 1.165) is 0 Å². The Bertz CT molecular complexity index is 104. The Morgan fingerprint density at radius 1 is 0.529 bits per heavy atom. The summed E-state index contributed by atoms with van der Waals surface area (Å²) in [5.74, 6) is 0. The highest BCUT2D eigenvalue weighted by molar-refractivity contribution is 4.58. The van der Waals surface area contributed by atoms with Crippen LogP contribution in [0.2, 0.25) is 0 Å². The highest BCUT2D eigenvalue weighted by Crippen LogP contribution is 2.04. The standard InChI is InChI=1S/C14H31N.C2H6/c1-4-7-10-11-14-15(12-8-5-2)13-9-6-3;1-2/h4-14H2,1-3H3;1-2H3. The molecule has 0 amide bonds. The van der Waals surface area contributed by atoms with Gasteiger partial charge in [-0.05, 0) is 38.9 Å². The van der Waals surface area contributed by atoms with E-state index in [1.165, 1.54) is 71.0 Å². The van der Waals surface area contributed by atoms with Gasteiger partial charge in [-0.1, -0.05) is 66.7 Å². The van der Waals surface area contributed by atoms with Crippen LogP contribution in [0.3, 0.4) is 0 Å². The molecule has 0 atom stereocenters. The molecule has 0 radical (unpaired) electrons. The van der Waals surface area contributed by atoms with Gasteiger partial charge >= 0.3 is 0 Å². The van der Waals surface area contributed by atoms with Crippen molar-refractivity contribution in [1.29, 1.82) is 0 Å². The second kappa shape index (κ2) is 18.3. The molecule has 0 heterocycles. The minimum absolute atomic E-state index is 1.32. The molecule has 0 aromatic heterocycles. The van der Waals surface area contributed by atoms with E-state index in [4.69, 9.17) is 0 Å². The number of rotatable bonds is 11. The summed E-state index contributed by atoms with van der Waals surface area (Å²) in [6.07, 6.45) is 11.0. The summed E-state index contributed by atoms with van der Waals surface area (Å²) < 4.78 is 0. The zero-order valence-electron chi connectivity index (χ0n) is 13.2. The highest BCUT2D eigenvalue weighted by atomic mass is 15.1. The van der Waals surface area contributed by atoms with Crippen molar-refractivity contribution in [2.75, 3.05) is 19.6 Å². The zero-order chi connectivity index (χ0) is 13.4. The number of hydrogen-bond acceptors (Lipinski definition) is 1. The summed E-state index contributed by atoms with van der Waals surface area (Å²) in [5.41, 5.74) is 0. The topological polar surface area (TPSA) is 3.24 Å². The van der Waals surface area contributed by atoms with Crippen molar-refractivity contribution in [2.45, 2.75) is 86.0 Å². The van der Waals surface area contributed by atoms with E-state index in [1.807, 2.05) is 13.8 Å². The first kappa shape index (κ1) is 19.3. The van der Waals surface area contributed by atoms with Crippen LogP contribution in [0.4, 0.5) is 0 Å². The Morgan fingerprint density at radius 2 is 0.941 bits per heavy atom. The van der Waals surface area contributed by atoms with Crippen LogP contribution in [0.5, 0.6) is 0 Å². The zero-order valence-corrected chi connectivity index (χ0v) is 13.2. The van der Waals surface area contributed by atoms with E-state index < -0.39 is 0 Å². The Labute approximate surface area is 111 Å². The summed E-state index contributed by atoms with van der Waals surface area (Å²) >= 11 is 0. The summed E-state index contributed by atoms with van der Waals surface area (Å²) in [7, 11) is 0. The molecule has 0 aliphatic rings. The minimum atomic E-state index is 1.32. The fourth-order valence-corrected chi connectivity index (χ4v) is 1.86. The van der Waals surface area contributed by atoms with Gasteiger partial charge in [-0.3, -0.25) is 0 Å². The molecule has 0 aliphatic carbocycles. The molecule has 0 fully saturated rings. The van der Waals surface area contributed by atoms with Crippen molar-refractivity contribution in [1.82, 2.24) is 4.90 Å². The van der Waals surface area contributed by atoms with Crippen molar-refractivity contribution in [3.8, 4) is 0 Å². The first-order valence-corrected chi connectivity index (χ1v) is 8.07. The monoisotopic (exact) mass is 243 g/mol. The molecule has 0 unspecified atom stereocenters. The molecule has 0 rings (SSSR count). The molecule has 0 aromatic carbocycles. The van der Waals surface area contributed by atoms with Gasteiger partial charge < -0.3 is 4.90 Å². The molecule has 106 valence electrons. The van der Waals surface area contributed by atoms with Crippen molar-refractivity contribution >= 4 is 0 Å². The van der Waals surface area contributed by atoms with Gasteiger partial charge in [0.15, 0.2) is 0 Å². The van der Waals surface area contributed by atoms with Gasteiger partial charge in [-0.2, -0.15) is 0 Å². The Hall–Kier alpha value is -0.0400. The van der Waals surface area contributed by atoms with Crippen LogP contribution in [0.1, 0.15) is 86.0 Å². The largest absolute Gasteiger partial charge is 0.303 e. The van der Waals surface area contributed by atoms with Crippen LogP contribution in [-0.4, -0.2) is 24.5 Å². The molecule has 0 spiro atoms. The summed E-state index contributed by atoms with van der Waals surface area (Å²) in [5, 5.41) is 0. The van der Waals surface area contributed by atoms with Crippen molar-refractivity contribution < 1.29 is 0 Å². The third-order valence-electron chi connectivity index (χ3n) is 2.98. The lowest BCUT2D eigenvalue weighted by molar-refractivity contribution is 0.259. The van der Waals surface area contributed by atoms with Crippen molar-refractivity contribution in [3.63, 3.8) is 0 Å². The van der Waals surface area contributed by atoms with Crippen LogP contribution in [0.25, 0.3) is 0 Å². The predicted molar refractivity (Wildman–Crippen MR) is 81.7 cm³/mol. The molecule has 0 bridgehead atoms. The van der Waals surface area contributed by atoms with Crippen molar-refractivity contribution in [3.05, 3.63) is 0 Å². The second-order valence-electron chi connectivity index (χ2n) is 4.61. The molecule has 1 nitrogen and oxygen atoms in total. The smallest absolute Gasteiger partial charge is 0.00187 e. The average Bonchev–Trinajstić information content (AvgIpc) is 2.39. The maximum Gasteiger partial charge on any atom is -0.00187 e. The molecule has 1 heteroatoms. The quantitative estimate of drug-likeness (QED) is 0.433. The fraction of sp³-hybridized carbons (Fsp3) is 1.00. The third-order valence-corrected chi connectivity index (χ3v) is 2.98. The van der Waals surface area contributed by atoms with Crippen LogP contribution >= 0.6 is 0 Å². The first-order valence-electron chi connectivity index (χ1n) is 8.07. The molecule has 0 aromatic rings. The van der Waals surface area contributed by atoms with Crippen LogP contribution in [0, 0.1) is 0 Å². The van der Waals surface area contributed by atoms with E-state index in [1.54, 1.807) is 0 Å². The third kappa shape index (κ3) is 16.0. The van der Waals surface area contributed by atoms with Crippen molar-refractivity contribution in [2.24, 2.45) is 0 Å². The number of hydrogen-bond donors (Lipinski definition) is 0. The van der Waals surface area contributed by atoms with Gasteiger partial charge in [0.2, 0.25) is 0 Å². The Kier molecular flexibility index (Phi) is 20.8. The molecule has 0 aliphatic heterocycles. The van der Waals surface area contributed by atoms with Gasteiger partial charge in [0.1, 0.15) is 0 Å². The summed E-state index contributed by atoms with van der Waals surface area (Å²) in [6, 6.07) is 0. The van der Waals surface area contributed by atoms with Gasteiger partial charge in [-0.15, -0.1) is 0 Å². The minimum Gasteiger partial charge on any atom is -0.303 e. The second-order valence-corrected chi connectivity index (χ2v) is 4.61. The lowest BCUT2D eigenvalue weighted by Gasteiger charge is -2.21. The van der Waals surface area contributed by atoms with E-state index in [2.05, 4.69) is 25.7 Å². The average molecular weight is 243 g/mol. The van der Waals surface area contributed by atoms with E-state index in [-0.39, 0.29) is 0 Å². The maximum atomic E-state index is 2.67.